The molecule has 0 bridgehead atoms. The lowest BCUT2D eigenvalue weighted by Crippen LogP contribution is -1.71. The molecule has 0 nitrogen and oxygen atoms in total. The van der Waals surface area contributed by atoms with E-state index in [2.05, 4.69) is 15.9 Å². The molecule has 0 aliphatic heterocycles. The van der Waals surface area contributed by atoms with Gasteiger partial charge in [0.05, 0.1) is 14.7 Å². The highest BCUT2D eigenvalue weighted by atomic mass is 79.9. The van der Waals surface area contributed by atoms with Gasteiger partial charge in [-0.2, -0.15) is 0 Å². The maximum Gasteiger partial charge on any atom is 0.0727 e. The third-order valence-electron chi connectivity index (χ3n) is 1.59. The van der Waals surface area contributed by atoms with Crippen molar-refractivity contribution in [3.63, 3.8) is 0 Å². The van der Waals surface area contributed by atoms with Crippen molar-refractivity contribution in [1.82, 2.24) is 0 Å². The first-order chi connectivity index (χ1) is 5.70. The standard InChI is InChI=1S/C8H3BrCl2S/c9-5-3-6(10)4-1-2-12-8(4)7(5)11/h1-3H. The highest BCUT2D eigenvalue weighted by Crippen LogP contribution is 2.38. The van der Waals surface area contributed by atoms with Gasteiger partial charge in [0.15, 0.2) is 0 Å². The first-order valence-corrected chi connectivity index (χ1v) is 5.63. The van der Waals surface area contributed by atoms with E-state index < -0.39 is 0 Å². The molecule has 0 aliphatic rings. The van der Waals surface area contributed by atoms with Crippen LogP contribution in [0.3, 0.4) is 0 Å². The molecule has 0 fully saturated rings. The number of rotatable bonds is 0. The Hall–Kier alpha value is 0.240. The smallest absolute Gasteiger partial charge is 0.0727 e. The molecular formula is C8H3BrCl2S. The van der Waals surface area contributed by atoms with Gasteiger partial charge < -0.3 is 0 Å². The topological polar surface area (TPSA) is 0 Å². The summed E-state index contributed by atoms with van der Waals surface area (Å²) in [4.78, 5) is 0. The van der Waals surface area contributed by atoms with Crippen LogP contribution in [0.4, 0.5) is 0 Å². The van der Waals surface area contributed by atoms with Gasteiger partial charge in [0.25, 0.3) is 0 Å². The Morgan fingerprint density at radius 3 is 2.83 bits per heavy atom. The van der Waals surface area contributed by atoms with Gasteiger partial charge in [0, 0.05) is 9.86 Å². The SMILES string of the molecule is Clc1cc(Br)c(Cl)c2sccc12. The first-order valence-electron chi connectivity index (χ1n) is 3.21. The van der Waals surface area contributed by atoms with Crippen molar-refractivity contribution in [3.05, 3.63) is 32.0 Å². The number of hydrogen-bond acceptors (Lipinski definition) is 1. The fourth-order valence-electron chi connectivity index (χ4n) is 1.03. The Bertz CT molecular complexity index is 436. The minimum Gasteiger partial charge on any atom is -0.142 e. The second-order valence-corrected chi connectivity index (χ2v) is 4.87. The molecule has 0 saturated heterocycles. The highest BCUT2D eigenvalue weighted by molar-refractivity contribution is 9.10. The summed E-state index contributed by atoms with van der Waals surface area (Å²) in [5.41, 5.74) is 0. The monoisotopic (exact) mass is 280 g/mol. The van der Waals surface area contributed by atoms with Crippen LogP contribution in [0.5, 0.6) is 0 Å². The van der Waals surface area contributed by atoms with Gasteiger partial charge in [-0.15, -0.1) is 11.3 Å². The van der Waals surface area contributed by atoms with Gasteiger partial charge in [-0.25, -0.2) is 0 Å². The average Bonchev–Trinajstić information content (AvgIpc) is 2.48. The maximum atomic E-state index is 6.04. The molecular weight excluding hydrogens is 279 g/mol. The maximum absolute atomic E-state index is 6.04. The summed E-state index contributed by atoms with van der Waals surface area (Å²) in [5.74, 6) is 0. The zero-order chi connectivity index (χ0) is 8.72. The first kappa shape index (κ1) is 8.82. The number of thiophene rings is 1. The van der Waals surface area contributed by atoms with Gasteiger partial charge >= 0.3 is 0 Å². The largest absolute Gasteiger partial charge is 0.142 e. The van der Waals surface area contributed by atoms with Gasteiger partial charge in [0.2, 0.25) is 0 Å². The third kappa shape index (κ3) is 1.27. The van der Waals surface area contributed by atoms with E-state index in [9.17, 15) is 0 Å². The van der Waals surface area contributed by atoms with Gasteiger partial charge in [-0.1, -0.05) is 23.2 Å². The molecule has 0 spiro atoms. The van der Waals surface area contributed by atoms with Crippen molar-refractivity contribution < 1.29 is 0 Å². The lowest BCUT2D eigenvalue weighted by Gasteiger charge is -1.99. The molecule has 1 aromatic carbocycles. The minimum absolute atomic E-state index is 0.738. The van der Waals surface area contributed by atoms with E-state index >= 15 is 0 Å². The van der Waals surface area contributed by atoms with Crippen molar-refractivity contribution >= 4 is 60.6 Å². The van der Waals surface area contributed by atoms with Crippen LogP contribution in [-0.2, 0) is 0 Å². The van der Waals surface area contributed by atoms with E-state index in [4.69, 9.17) is 23.2 Å². The quantitative estimate of drug-likeness (QED) is 0.598. The van der Waals surface area contributed by atoms with Crippen molar-refractivity contribution in [1.29, 1.82) is 0 Å². The molecule has 12 heavy (non-hydrogen) atoms. The normalized spacial score (nSPS) is 10.9. The van der Waals surface area contributed by atoms with E-state index in [0.717, 1.165) is 24.6 Å². The summed E-state index contributed by atoms with van der Waals surface area (Å²) in [7, 11) is 0. The average molecular weight is 282 g/mol. The predicted octanol–water partition coefficient (Wildman–Crippen LogP) is 4.97. The van der Waals surface area contributed by atoms with Crippen molar-refractivity contribution in [3.8, 4) is 0 Å². The minimum atomic E-state index is 0.738. The molecule has 0 atom stereocenters. The Balaban J connectivity index is 2.97. The lowest BCUT2D eigenvalue weighted by atomic mass is 10.3. The van der Waals surface area contributed by atoms with Crippen LogP contribution < -0.4 is 0 Å². The molecule has 2 rings (SSSR count). The fraction of sp³-hybridized carbons (Fsp3) is 0. The van der Waals surface area contributed by atoms with Gasteiger partial charge in [-0.05, 0) is 33.4 Å². The van der Waals surface area contributed by atoms with Crippen molar-refractivity contribution in [2.75, 3.05) is 0 Å². The number of benzene rings is 1. The Kier molecular flexibility index (Phi) is 2.34. The molecule has 1 heterocycles. The molecule has 2 aromatic rings. The number of fused-ring (bicyclic) bond motifs is 1. The zero-order valence-corrected chi connectivity index (χ0v) is 9.69. The Morgan fingerprint density at radius 1 is 1.33 bits per heavy atom. The number of hydrogen-bond donors (Lipinski definition) is 0. The molecule has 4 heteroatoms. The summed E-state index contributed by atoms with van der Waals surface area (Å²) in [5, 5.41) is 4.48. The van der Waals surface area contributed by atoms with Crippen LogP contribution in [0.25, 0.3) is 10.1 Å². The van der Waals surface area contributed by atoms with E-state index in [1.807, 2.05) is 17.5 Å². The fourth-order valence-corrected chi connectivity index (χ4v) is 3.19. The lowest BCUT2D eigenvalue weighted by molar-refractivity contribution is 1.76. The molecule has 1 aromatic heterocycles. The Labute approximate surface area is 92.2 Å². The van der Waals surface area contributed by atoms with Crippen LogP contribution >= 0.6 is 50.5 Å². The molecule has 0 N–H and O–H groups in total. The van der Waals surface area contributed by atoms with E-state index in [1.165, 1.54) is 0 Å². The summed E-state index contributed by atoms with van der Waals surface area (Å²) in [6, 6.07) is 3.79. The van der Waals surface area contributed by atoms with Crippen LogP contribution in [0.15, 0.2) is 22.0 Å². The zero-order valence-electron chi connectivity index (χ0n) is 5.77. The van der Waals surface area contributed by atoms with Gasteiger partial charge in [-0.3, -0.25) is 0 Å². The molecule has 0 radical (unpaired) electrons. The highest BCUT2D eigenvalue weighted by Gasteiger charge is 2.08. The van der Waals surface area contributed by atoms with E-state index in [0.29, 0.717) is 0 Å². The van der Waals surface area contributed by atoms with E-state index in [-0.39, 0.29) is 0 Å². The van der Waals surface area contributed by atoms with Crippen LogP contribution in [0.1, 0.15) is 0 Å². The second kappa shape index (κ2) is 3.18. The summed E-state index contributed by atoms with van der Waals surface area (Å²) in [6.45, 7) is 0. The molecule has 0 unspecified atom stereocenters. The summed E-state index contributed by atoms with van der Waals surface area (Å²) < 4.78 is 1.89. The van der Waals surface area contributed by atoms with Crippen LogP contribution in [-0.4, -0.2) is 0 Å². The van der Waals surface area contributed by atoms with Crippen LogP contribution in [0.2, 0.25) is 10.0 Å². The van der Waals surface area contributed by atoms with Crippen molar-refractivity contribution in [2.45, 2.75) is 0 Å². The molecule has 0 aliphatic carbocycles. The van der Waals surface area contributed by atoms with Crippen LogP contribution in [0, 0.1) is 0 Å². The van der Waals surface area contributed by atoms with Crippen molar-refractivity contribution in [2.24, 2.45) is 0 Å². The molecule has 0 amide bonds. The predicted molar refractivity (Wildman–Crippen MR) is 59.5 cm³/mol. The van der Waals surface area contributed by atoms with E-state index in [1.54, 1.807) is 11.3 Å². The molecule has 0 saturated carbocycles. The number of halogens is 3. The summed E-state index contributed by atoms with van der Waals surface area (Å²) >= 11 is 17.0. The molecule has 62 valence electrons. The Morgan fingerprint density at radius 2 is 2.08 bits per heavy atom. The third-order valence-corrected chi connectivity index (χ3v) is 4.19. The summed E-state index contributed by atoms with van der Waals surface area (Å²) in [6.07, 6.45) is 0. The second-order valence-electron chi connectivity index (χ2n) is 2.32. The van der Waals surface area contributed by atoms with Gasteiger partial charge in [0.1, 0.15) is 0 Å².